The predicted molar refractivity (Wildman–Crippen MR) is 73.3 cm³/mol. The highest BCUT2D eigenvalue weighted by Crippen LogP contribution is 2.33. The van der Waals surface area contributed by atoms with Crippen LogP contribution in [0.1, 0.15) is 37.2 Å². The van der Waals surface area contributed by atoms with Crippen LogP contribution in [0.3, 0.4) is 0 Å². The third-order valence-corrected chi connectivity index (χ3v) is 3.07. The van der Waals surface area contributed by atoms with Crippen molar-refractivity contribution in [3.63, 3.8) is 0 Å². The summed E-state index contributed by atoms with van der Waals surface area (Å²) in [6.07, 6.45) is 1.03. The highest BCUT2D eigenvalue weighted by molar-refractivity contribution is 5.57. The zero-order valence-electron chi connectivity index (χ0n) is 11.2. The summed E-state index contributed by atoms with van der Waals surface area (Å²) in [6, 6.07) is 3.11. The maximum absolute atomic E-state index is 13.1. The van der Waals surface area contributed by atoms with Crippen molar-refractivity contribution in [3.05, 3.63) is 52.1 Å². The van der Waals surface area contributed by atoms with Crippen molar-refractivity contribution >= 4 is 11.4 Å². The van der Waals surface area contributed by atoms with E-state index >= 15 is 0 Å². The molecule has 6 nitrogen and oxygen atoms in total. The normalized spacial score (nSPS) is 12.4. The summed E-state index contributed by atoms with van der Waals surface area (Å²) in [5.41, 5.74) is -0.588. The van der Waals surface area contributed by atoms with Crippen LogP contribution in [0, 0.1) is 10.1 Å². The first-order valence-electron chi connectivity index (χ1n) is 6.35. The van der Waals surface area contributed by atoms with E-state index in [1.54, 1.807) is 12.4 Å². The van der Waals surface area contributed by atoms with E-state index in [2.05, 4.69) is 15.3 Å². The van der Waals surface area contributed by atoms with Crippen LogP contribution in [-0.4, -0.2) is 14.9 Å². The Hall–Kier alpha value is -2.51. The van der Waals surface area contributed by atoms with Gasteiger partial charge < -0.3 is 10.3 Å². The molecule has 0 aliphatic heterocycles. The molecule has 1 aromatic heterocycles. The van der Waals surface area contributed by atoms with Gasteiger partial charge in [-0.1, -0.05) is 6.92 Å². The van der Waals surface area contributed by atoms with E-state index < -0.39 is 16.9 Å². The Morgan fingerprint density at radius 3 is 2.76 bits per heavy atom. The van der Waals surface area contributed by atoms with Crippen molar-refractivity contribution in [1.29, 1.82) is 0 Å². The first-order valence-corrected chi connectivity index (χ1v) is 6.35. The smallest absolute Gasteiger partial charge is 0.270 e. The first kappa shape index (κ1) is 14.9. The third kappa shape index (κ3) is 3.33. The average molecular weight is 296 g/mol. The number of nitro groups is 1. The van der Waals surface area contributed by atoms with Gasteiger partial charge in [-0.3, -0.25) is 10.1 Å². The minimum Gasteiger partial charge on any atom is -0.375 e. The van der Waals surface area contributed by atoms with Crippen LogP contribution in [0.5, 0.6) is 0 Å². The van der Waals surface area contributed by atoms with Gasteiger partial charge in [0.25, 0.3) is 12.1 Å². The number of rotatable bonds is 6. The van der Waals surface area contributed by atoms with E-state index in [-0.39, 0.29) is 17.4 Å². The van der Waals surface area contributed by atoms with E-state index in [1.165, 1.54) is 12.1 Å². The van der Waals surface area contributed by atoms with E-state index in [1.807, 2.05) is 6.92 Å². The molecular weight excluding hydrogens is 282 g/mol. The van der Waals surface area contributed by atoms with Crippen LogP contribution in [0.2, 0.25) is 0 Å². The fourth-order valence-electron chi connectivity index (χ4n) is 2.00. The number of halogens is 2. The molecule has 0 spiro atoms. The van der Waals surface area contributed by atoms with Crippen molar-refractivity contribution in [2.24, 2.45) is 0 Å². The van der Waals surface area contributed by atoms with Gasteiger partial charge in [-0.25, -0.2) is 13.8 Å². The topological polar surface area (TPSA) is 83.8 Å². The summed E-state index contributed by atoms with van der Waals surface area (Å²) in [5, 5.41) is 13.6. The zero-order valence-corrected chi connectivity index (χ0v) is 11.2. The maximum atomic E-state index is 13.1. The summed E-state index contributed by atoms with van der Waals surface area (Å²) in [4.78, 5) is 17.0. The number of hydrogen-bond donors (Lipinski definition) is 2. The zero-order chi connectivity index (χ0) is 15.4. The molecule has 1 unspecified atom stereocenters. The summed E-state index contributed by atoms with van der Waals surface area (Å²) in [7, 11) is 0. The van der Waals surface area contributed by atoms with Crippen molar-refractivity contribution < 1.29 is 13.7 Å². The van der Waals surface area contributed by atoms with Crippen LogP contribution in [0.25, 0.3) is 0 Å². The van der Waals surface area contributed by atoms with Crippen LogP contribution >= 0.6 is 0 Å². The highest BCUT2D eigenvalue weighted by Gasteiger charge is 2.20. The third-order valence-electron chi connectivity index (χ3n) is 3.07. The molecule has 0 aliphatic rings. The van der Waals surface area contributed by atoms with Gasteiger partial charge in [0.2, 0.25) is 0 Å². The van der Waals surface area contributed by atoms with Gasteiger partial charge in [-0.05, 0) is 12.5 Å². The minimum atomic E-state index is -2.80. The second kappa shape index (κ2) is 6.29. The van der Waals surface area contributed by atoms with Gasteiger partial charge in [0.05, 0.1) is 11.0 Å². The first-order chi connectivity index (χ1) is 10.0. The number of imidazole rings is 1. The number of nitrogens with zero attached hydrogens (tertiary/aromatic N) is 2. The Morgan fingerprint density at radius 1 is 1.48 bits per heavy atom. The number of benzene rings is 1. The van der Waals surface area contributed by atoms with E-state index in [0.717, 1.165) is 6.07 Å². The molecule has 1 heterocycles. The lowest BCUT2D eigenvalue weighted by molar-refractivity contribution is -0.385. The number of aromatic amines is 1. The molecule has 112 valence electrons. The lowest BCUT2D eigenvalue weighted by Gasteiger charge is -2.18. The fourth-order valence-corrected chi connectivity index (χ4v) is 2.00. The minimum absolute atomic E-state index is 0.166. The summed E-state index contributed by atoms with van der Waals surface area (Å²) in [6.45, 7) is 1.88. The molecule has 2 aromatic rings. The molecule has 0 bridgehead atoms. The number of H-pyrrole nitrogens is 1. The number of aromatic nitrogens is 2. The molecule has 1 atom stereocenters. The Balaban J connectivity index is 2.32. The fraction of sp³-hybridized carbons (Fsp3) is 0.308. The Labute approximate surface area is 119 Å². The predicted octanol–water partition coefficient (Wildman–Crippen LogP) is 3.82. The summed E-state index contributed by atoms with van der Waals surface area (Å²) >= 11 is 0. The molecule has 1 aromatic carbocycles. The average Bonchev–Trinajstić information content (AvgIpc) is 2.98. The largest absolute Gasteiger partial charge is 0.375 e. The van der Waals surface area contributed by atoms with E-state index in [9.17, 15) is 18.9 Å². The molecule has 0 fully saturated rings. The standard InChI is InChI=1S/C13H14F2N4O2/c1-2-10(13-16-5-6-17-13)18-11-4-3-8(19(20)21)7-9(11)12(14)15/h3-7,10,12,18H,2H2,1H3,(H,16,17). The van der Waals surface area contributed by atoms with Crippen LogP contribution in [-0.2, 0) is 0 Å². The maximum Gasteiger partial charge on any atom is 0.270 e. The molecule has 0 aliphatic carbocycles. The summed E-state index contributed by atoms with van der Waals surface area (Å²) in [5.74, 6) is 0.621. The number of hydrogen-bond acceptors (Lipinski definition) is 4. The molecule has 8 heteroatoms. The molecule has 2 rings (SSSR count). The Morgan fingerprint density at radius 2 is 2.24 bits per heavy atom. The number of anilines is 1. The Kier molecular flexibility index (Phi) is 4.46. The molecule has 0 saturated carbocycles. The SMILES string of the molecule is CCC(Nc1ccc([N+](=O)[O-])cc1C(F)F)c1ncc[nH]1. The number of nitro benzene ring substituents is 1. The van der Waals surface area contributed by atoms with E-state index in [4.69, 9.17) is 0 Å². The lowest BCUT2D eigenvalue weighted by atomic mass is 10.1. The number of non-ortho nitro benzene ring substituents is 1. The Bertz CT molecular complexity index is 617. The molecule has 0 radical (unpaired) electrons. The van der Waals surface area contributed by atoms with E-state index in [0.29, 0.717) is 12.2 Å². The molecular formula is C13H14F2N4O2. The van der Waals surface area contributed by atoms with Gasteiger partial charge >= 0.3 is 0 Å². The van der Waals surface area contributed by atoms with Gasteiger partial charge in [0.15, 0.2) is 0 Å². The van der Waals surface area contributed by atoms with Crippen molar-refractivity contribution in [3.8, 4) is 0 Å². The molecule has 21 heavy (non-hydrogen) atoms. The second-order valence-electron chi connectivity index (χ2n) is 4.41. The summed E-state index contributed by atoms with van der Waals surface area (Å²) < 4.78 is 26.2. The monoisotopic (exact) mass is 296 g/mol. The molecule has 2 N–H and O–H groups in total. The quantitative estimate of drug-likeness (QED) is 0.627. The lowest BCUT2D eigenvalue weighted by Crippen LogP contribution is -2.13. The van der Waals surface area contributed by atoms with Crippen LogP contribution in [0.4, 0.5) is 20.2 Å². The number of alkyl halides is 2. The number of nitrogens with one attached hydrogen (secondary N) is 2. The van der Waals surface area contributed by atoms with Gasteiger partial charge in [-0.15, -0.1) is 0 Å². The van der Waals surface area contributed by atoms with Crippen molar-refractivity contribution in [1.82, 2.24) is 9.97 Å². The van der Waals surface area contributed by atoms with Gasteiger partial charge in [0.1, 0.15) is 5.82 Å². The van der Waals surface area contributed by atoms with Gasteiger partial charge in [0, 0.05) is 35.8 Å². The van der Waals surface area contributed by atoms with Crippen LogP contribution in [0.15, 0.2) is 30.6 Å². The molecule has 0 amide bonds. The highest BCUT2D eigenvalue weighted by atomic mass is 19.3. The second-order valence-corrected chi connectivity index (χ2v) is 4.41. The van der Waals surface area contributed by atoms with Gasteiger partial charge in [-0.2, -0.15) is 0 Å². The van der Waals surface area contributed by atoms with Crippen molar-refractivity contribution in [2.75, 3.05) is 5.32 Å². The molecule has 0 saturated heterocycles. The van der Waals surface area contributed by atoms with Crippen LogP contribution < -0.4 is 5.32 Å². The van der Waals surface area contributed by atoms with Crippen molar-refractivity contribution in [2.45, 2.75) is 25.8 Å².